The molecule has 2 N–H and O–H groups in total. The van der Waals surface area contributed by atoms with Gasteiger partial charge in [-0.05, 0) is 18.2 Å². The number of aliphatic imine (C=N–C) groups is 1. The van der Waals surface area contributed by atoms with Crippen LogP contribution in [0.2, 0.25) is 0 Å². The number of alkyl halides is 2. The Morgan fingerprint density at radius 3 is 2.71 bits per heavy atom. The summed E-state index contributed by atoms with van der Waals surface area (Å²) in [7, 11) is 1.28. The number of ether oxygens (including phenoxy) is 2. The summed E-state index contributed by atoms with van der Waals surface area (Å²) in [5.74, 6) is -4.69. The van der Waals surface area contributed by atoms with Crippen LogP contribution in [0.3, 0.4) is 0 Å². The Kier molecular flexibility index (Phi) is 7.44. The number of amides is 1. The lowest BCUT2D eigenvalue weighted by molar-refractivity contribution is -0.151. The highest BCUT2D eigenvalue weighted by molar-refractivity contribution is 6.24. The number of hydrogen-bond acceptors (Lipinski definition) is 6. The summed E-state index contributed by atoms with van der Waals surface area (Å²) in [6.45, 7) is -0.780. The second-order valence-electron chi connectivity index (χ2n) is 5.77. The van der Waals surface area contributed by atoms with Crippen molar-refractivity contribution in [3.05, 3.63) is 48.2 Å². The third kappa shape index (κ3) is 4.83. The Morgan fingerprint density at radius 2 is 2.14 bits per heavy atom. The van der Waals surface area contributed by atoms with E-state index in [4.69, 9.17) is 21.3 Å². The zero-order valence-corrected chi connectivity index (χ0v) is 15.4. The SMILES string of the molecule is CN(/C=C\C(=N/C=O)NCl)[C@@H]1O[C@H](CO)C(OC(=O)c2ccccc2)C1(F)F. The Morgan fingerprint density at radius 1 is 1.46 bits per heavy atom. The molecule has 0 radical (unpaired) electrons. The van der Waals surface area contributed by atoms with Gasteiger partial charge in [0, 0.05) is 25.0 Å². The molecule has 2 rings (SSSR count). The summed E-state index contributed by atoms with van der Waals surface area (Å²) in [6.07, 6.45) is -2.75. The Hall–Kier alpha value is -2.56. The van der Waals surface area contributed by atoms with E-state index in [1.807, 2.05) is 0 Å². The van der Waals surface area contributed by atoms with Crippen molar-refractivity contribution < 1.29 is 33.0 Å². The fraction of sp³-hybridized carbons (Fsp3) is 0.353. The van der Waals surface area contributed by atoms with Gasteiger partial charge in [0.25, 0.3) is 0 Å². The van der Waals surface area contributed by atoms with Gasteiger partial charge in [-0.15, -0.1) is 0 Å². The molecule has 11 heteroatoms. The quantitative estimate of drug-likeness (QED) is 0.227. The highest BCUT2D eigenvalue weighted by Gasteiger charge is 2.62. The summed E-state index contributed by atoms with van der Waals surface area (Å²) in [5, 5.41) is 9.41. The Balaban J connectivity index is 2.18. The standard InChI is InChI=1S/C17H18ClF2N3O5/c1-23(8-7-13(22-18)21-10-25)16-17(19,20)14(12(9-24)27-16)28-15(26)11-5-3-2-4-6-11/h2-8,10,12,14,16,24H,9H2,1H3,(H,21,22,25)/b8-7-/t12-,14?,16-/m1/s1. The predicted octanol–water partition coefficient (Wildman–Crippen LogP) is 1.31. The van der Waals surface area contributed by atoms with Crippen LogP contribution in [0.25, 0.3) is 0 Å². The first-order valence-corrected chi connectivity index (χ1v) is 8.41. The van der Waals surface area contributed by atoms with E-state index in [0.717, 1.165) is 17.2 Å². The third-order valence-corrected chi connectivity index (χ3v) is 4.09. The number of carbonyl (C=O) groups is 2. The summed E-state index contributed by atoms with van der Waals surface area (Å²) < 4.78 is 39.9. The average Bonchev–Trinajstić information content (AvgIpc) is 2.95. The van der Waals surface area contributed by atoms with Crippen LogP contribution >= 0.6 is 11.8 Å². The van der Waals surface area contributed by atoms with Crippen molar-refractivity contribution >= 4 is 30.0 Å². The molecule has 1 unspecified atom stereocenters. The van der Waals surface area contributed by atoms with Gasteiger partial charge in [0.1, 0.15) is 11.9 Å². The van der Waals surface area contributed by atoms with E-state index in [-0.39, 0.29) is 17.8 Å². The molecule has 28 heavy (non-hydrogen) atoms. The minimum Gasteiger partial charge on any atom is -0.449 e. The second kappa shape index (κ2) is 9.58. The molecule has 1 heterocycles. The molecule has 0 spiro atoms. The fourth-order valence-electron chi connectivity index (χ4n) is 2.56. The number of aliphatic hydroxyl groups excluding tert-OH is 1. The average molecular weight is 418 g/mol. The van der Waals surface area contributed by atoms with Crippen LogP contribution in [-0.2, 0) is 14.3 Å². The highest BCUT2D eigenvalue weighted by atomic mass is 35.5. The molecule has 0 bridgehead atoms. The second-order valence-corrected chi connectivity index (χ2v) is 5.96. The van der Waals surface area contributed by atoms with Gasteiger partial charge in [-0.2, -0.15) is 13.8 Å². The number of aliphatic hydroxyl groups is 1. The zero-order chi connectivity index (χ0) is 20.7. The van der Waals surface area contributed by atoms with E-state index < -0.39 is 36.9 Å². The van der Waals surface area contributed by atoms with E-state index >= 15 is 0 Å². The van der Waals surface area contributed by atoms with Crippen molar-refractivity contribution in [1.82, 2.24) is 9.74 Å². The lowest BCUT2D eigenvalue weighted by Gasteiger charge is -2.28. The Bertz CT molecular complexity index is 748. The monoisotopic (exact) mass is 417 g/mol. The van der Waals surface area contributed by atoms with E-state index in [9.17, 15) is 23.5 Å². The molecule has 1 aromatic carbocycles. The van der Waals surface area contributed by atoms with Crippen LogP contribution in [0, 0.1) is 0 Å². The maximum absolute atomic E-state index is 14.9. The molecule has 1 saturated heterocycles. The summed E-state index contributed by atoms with van der Waals surface area (Å²) in [6, 6.07) is 7.63. The van der Waals surface area contributed by atoms with Crippen LogP contribution in [0.1, 0.15) is 10.4 Å². The minimum absolute atomic E-state index is 0.0874. The van der Waals surface area contributed by atoms with Gasteiger partial charge in [-0.3, -0.25) is 9.63 Å². The van der Waals surface area contributed by atoms with Crippen molar-refractivity contribution in [3.8, 4) is 0 Å². The minimum atomic E-state index is -3.65. The van der Waals surface area contributed by atoms with Crippen molar-refractivity contribution in [2.75, 3.05) is 13.7 Å². The number of amidine groups is 1. The topological polar surface area (TPSA) is 100 Å². The van der Waals surface area contributed by atoms with Gasteiger partial charge in [0.05, 0.1) is 12.2 Å². The number of rotatable bonds is 7. The van der Waals surface area contributed by atoms with Gasteiger partial charge in [-0.1, -0.05) is 18.2 Å². The van der Waals surface area contributed by atoms with E-state index in [2.05, 4.69) is 9.83 Å². The molecule has 152 valence electrons. The maximum atomic E-state index is 14.9. The van der Waals surface area contributed by atoms with Crippen LogP contribution in [0.15, 0.2) is 47.6 Å². The molecular formula is C17H18ClF2N3O5. The number of hydrogen-bond donors (Lipinski definition) is 2. The molecule has 0 saturated carbocycles. The summed E-state index contributed by atoms with van der Waals surface area (Å²) >= 11 is 5.35. The van der Waals surface area contributed by atoms with Crippen LogP contribution < -0.4 is 4.84 Å². The molecule has 1 aliphatic rings. The number of carbonyl (C=O) groups excluding carboxylic acids is 2. The Labute approximate surface area is 164 Å². The van der Waals surface area contributed by atoms with Gasteiger partial charge in [-0.25, -0.2) is 4.79 Å². The van der Waals surface area contributed by atoms with Crippen molar-refractivity contribution in [2.45, 2.75) is 24.4 Å². The molecule has 8 nitrogen and oxygen atoms in total. The maximum Gasteiger partial charge on any atom is 0.338 e. The van der Waals surface area contributed by atoms with Crippen molar-refractivity contribution in [2.24, 2.45) is 4.99 Å². The largest absolute Gasteiger partial charge is 0.449 e. The predicted molar refractivity (Wildman–Crippen MR) is 95.7 cm³/mol. The zero-order valence-electron chi connectivity index (χ0n) is 14.7. The lowest BCUT2D eigenvalue weighted by Crippen LogP contribution is -2.48. The first-order valence-electron chi connectivity index (χ1n) is 8.03. The number of esters is 1. The van der Waals surface area contributed by atoms with Gasteiger partial charge < -0.3 is 19.5 Å². The molecular weight excluding hydrogens is 400 g/mol. The normalized spacial score (nSPS) is 24.2. The van der Waals surface area contributed by atoms with Gasteiger partial charge in [0.2, 0.25) is 6.41 Å². The van der Waals surface area contributed by atoms with E-state index in [1.165, 1.54) is 19.2 Å². The summed E-state index contributed by atoms with van der Waals surface area (Å²) in [5.41, 5.74) is 0.0922. The van der Waals surface area contributed by atoms with E-state index in [0.29, 0.717) is 0 Å². The summed E-state index contributed by atoms with van der Waals surface area (Å²) in [4.78, 5) is 28.9. The van der Waals surface area contributed by atoms with Crippen LogP contribution in [0.5, 0.6) is 0 Å². The first-order chi connectivity index (χ1) is 13.3. The molecule has 0 aromatic heterocycles. The van der Waals surface area contributed by atoms with E-state index in [1.54, 1.807) is 18.2 Å². The number of nitrogens with zero attached hydrogens (tertiary/aromatic N) is 2. The van der Waals surface area contributed by atoms with Crippen LogP contribution in [-0.4, -0.2) is 66.2 Å². The molecule has 1 fully saturated rings. The molecule has 0 aliphatic carbocycles. The van der Waals surface area contributed by atoms with Crippen LogP contribution in [0.4, 0.5) is 8.78 Å². The van der Waals surface area contributed by atoms with Gasteiger partial charge >= 0.3 is 11.9 Å². The molecule has 3 atom stereocenters. The first kappa shape index (κ1) is 21.7. The molecule has 1 aliphatic heterocycles. The van der Waals surface area contributed by atoms with Gasteiger partial charge in [0.15, 0.2) is 12.3 Å². The smallest absolute Gasteiger partial charge is 0.338 e. The lowest BCUT2D eigenvalue weighted by atomic mass is 10.1. The molecule has 1 amide bonds. The fourth-order valence-corrected chi connectivity index (χ4v) is 2.67. The highest BCUT2D eigenvalue weighted by Crippen LogP contribution is 2.39. The molecule has 1 aromatic rings. The number of nitrogens with one attached hydrogen (secondary N) is 1. The third-order valence-electron chi connectivity index (χ3n) is 3.90. The van der Waals surface area contributed by atoms with Crippen molar-refractivity contribution in [1.29, 1.82) is 0 Å². The number of halogens is 3. The van der Waals surface area contributed by atoms with Crippen molar-refractivity contribution in [3.63, 3.8) is 0 Å². The number of benzene rings is 1.